The number of anilines is 1. The molecule has 0 aliphatic rings. The first-order chi connectivity index (χ1) is 10.3. The van der Waals surface area contributed by atoms with Crippen molar-refractivity contribution in [2.24, 2.45) is 11.7 Å². The summed E-state index contributed by atoms with van der Waals surface area (Å²) in [5, 5.41) is 2.27. The summed E-state index contributed by atoms with van der Waals surface area (Å²) in [6.45, 7) is 7.15. The van der Waals surface area contributed by atoms with Crippen molar-refractivity contribution in [3.05, 3.63) is 16.9 Å². The lowest BCUT2D eigenvalue weighted by Crippen LogP contribution is -2.21. The SMILES string of the molecule is CCOC(=O)c1c(C)oc(NC(=O)OCC(C)C)c1C(N)=O. The van der Waals surface area contributed by atoms with Crippen LogP contribution < -0.4 is 11.1 Å². The molecule has 122 valence electrons. The van der Waals surface area contributed by atoms with Crippen LogP contribution in [0.2, 0.25) is 0 Å². The van der Waals surface area contributed by atoms with Gasteiger partial charge >= 0.3 is 12.1 Å². The van der Waals surface area contributed by atoms with E-state index in [0.717, 1.165) is 0 Å². The van der Waals surface area contributed by atoms with Crippen LogP contribution in [0.1, 0.15) is 47.2 Å². The number of ether oxygens (including phenoxy) is 2. The molecule has 0 aliphatic heterocycles. The van der Waals surface area contributed by atoms with Crippen molar-refractivity contribution < 1.29 is 28.3 Å². The average Bonchev–Trinajstić information content (AvgIpc) is 2.73. The summed E-state index contributed by atoms with van der Waals surface area (Å²) in [6.07, 6.45) is -0.805. The minimum Gasteiger partial charge on any atom is -0.462 e. The number of furan rings is 1. The van der Waals surface area contributed by atoms with Gasteiger partial charge in [-0.15, -0.1) is 0 Å². The first kappa shape index (κ1) is 17.5. The van der Waals surface area contributed by atoms with E-state index < -0.39 is 18.0 Å². The molecule has 0 atom stereocenters. The zero-order chi connectivity index (χ0) is 16.9. The molecule has 3 N–H and O–H groups in total. The van der Waals surface area contributed by atoms with Gasteiger partial charge in [0.25, 0.3) is 5.91 Å². The second-order valence-corrected chi connectivity index (χ2v) is 4.94. The van der Waals surface area contributed by atoms with E-state index in [0.29, 0.717) is 0 Å². The summed E-state index contributed by atoms with van der Waals surface area (Å²) in [4.78, 5) is 35.1. The number of amides is 2. The number of nitrogens with two attached hydrogens (primary N) is 1. The van der Waals surface area contributed by atoms with Crippen molar-refractivity contribution >= 4 is 23.9 Å². The Balaban J connectivity index is 3.05. The standard InChI is InChI=1S/C14H20N2O6/c1-5-20-13(18)9-8(4)22-12(10(9)11(15)17)16-14(19)21-6-7(2)3/h7H,5-6H2,1-4H3,(H2,15,17)(H,16,19). The Morgan fingerprint density at radius 3 is 2.36 bits per heavy atom. The molecule has 1 aromatic rings. The maximum atomic E-state index is 11.9. The topological polar surface area (TPSA) is 121 Å². The molecule has 1 heterocycles. The van der Waals surface area contributed by atoms with Gasteiger partial charge < -0.3 is 19.6 Å². The highest BCUT2D eigenvalue weighted by Gasteiger charge is 2.29. The van der Waals surface area contributed by atoms with Crippen molar-refractivity contribution in [1.82, 2.24) is 0 Å². The molecule has 2 amide bonds. The molecular formula is C14H20N2O6. The van der Waals surface area contributed by atoms with E-state index in [9.17, 15) is 14.4 Å². The van der Waals surface area contributed by atoms with Gasteiger partial charge in [0.2, 0.25) is 5.88 Å². The second-order valence-electron chi connectivity index (χ2n) is 4.94. The molecule has 0 unspecified atom stereocenters. The highest BCUT2D eigenvalue weighted by Crippen LogP contribution is 2.27. The molecule has 0 radical (unpaired) electrons. The van der Waals surface area contributed by atoms with Crippen molar-refractivity contribution in [3.8, 4) is 0 Å². The smallest absolute Gasteiger partial charge is 0.414 e. The number of hydrogen-bond donors (Lipinski definition) is 2. The van der Waals surface area contributed by atoms with E-state index in [2.05, 4.69) is 5.32 Å². The monoisotopic (exact) mass is 312 g/mol. The van der Waals surface area contributed by atoms with E-state index in [-0.39, 0.29) is 41.9 Å². The van der Waals surface area contributed by atoms with Gasteiger partial charge in [0, 0.05) is 0 Å². The summed E-state index contributed by atoms with van der Waals surface area (Å²) >= 11 is 0. The lowest BCUT2D eigenvalue weighted by atomic mass is 10.1. The molecule has 0 aromatic carbocycles. The third-order valence-corrected chi connectivity index (χ3v) is 2.57. The Bertz CT molecular complexity index is 576. The molecule has 8 nitrogen and oxygen atoms in total. The van der Waals surface area contributed by atoms with Crippen LogP contribution >= 0.6 is 0 Å². The minimum absolute atomic E-state index is 0.103. The average molecular weight is 312 g/mol. The van der Waals surface area contributed by atoms with Crippen LogP contribution in [0.25, 0.3) is 0 Å². The molecule has 0 saturated carbocycles. The maximum Gasteiger partial charge on any atom is 0.414 e. The first-order valence-corrected chi connectivity index (χ1v) is 6.81. The number of aryl methyl sites for hydroxylation is 1. The van der Waals surface area contributed by atoms with E-state index in [1.807, 2.05) is 13.8 Å². The van der Waals surface area contributed by atoms with Crippen LogP contribution in [0, 0.1) is 12.8 Å². The van der Waals surface area contributed by atoms with Crippen LogP contribution in [0.4, 0.5) is 10.7 Å². The number of esters is 1. The number of rotatable bonds is 6. The van der Waals surface area contributed by atoms with Crippen molar-refractivity contribution in [2.75, 3.05) is 18.5 Å². The van der Waals surface area contributed by atoms with Gasteiger partial charge in [0.15, 0.2) is 0 Å². The maximum absolute atomic E-state index is 11.9. The third kappa shape index (κ3) is 4.24. The van der Waals surface area contributed by atoms with Gasteiger partial charge in [-0.3, -0.25) is 10.1 Å². The summed E-state index contributed by atoms with van der Waals surface area (Å²) in [7, 11) is 0. The predicted octanol–water partition coefficient (Wildman–Crippen LogP) is 2.07. The summed E-state index contributed by atoms with van der Waals surface area (Å²) in [6, 6.07) is 0. The largest absolute Gasteiger partial charge is 0.462 e. The van der Waals surface area contributed by atoms with Crippen molar-refractivity contribution in [2.45, 2.75) is 27.7 Å². The van der Waals surface area contributed by atoms with E-state index in [1.54, 1.807) is 6.92 Å². The first-order valence-electron chi connectivity index (χ1n) is 6.81. The van der Waals surface area contributed by atoms with E-state index in [4.69, 9.17) is 19.6 Å². The number of carbonyl (C=O) groups excluding carboxylic acids is 3. The Hall–Kier alpha value is -2.51. The molecule has 0 bridgehead atoms. The quantitative estimate of drug-likeness (QED) is 0.776. The normalized spacial score (nSPS) is 10.4. The van der Waals surface area contributed by atoms with Crippen LogP contribution in [0.3, 0.4) is 0 Å². The predicted molar refractivity (Wildman–Crippen MR) is 77.7 cm³/mol. The van der Waals surface area contributed by atoms with E-state index >= 15 is 0 Å². The Morgan fingerprint density at radius 1 is 1.23 bits per heavy atom. The number of carbonyl (C=O) groups is 3. The number of hydrogen-bond acceptors (Lipinski definition) is 6. The lowest BCUT2D eigenvalue weighted by molar-refractivity contribution is 0.0521. The molecular weight excluding hydrogens is 292 g/mol. The van der Waals surface area contributed by atoms with Crippen molar-refractivity contribution in [1.29, 1.82) is 0 Å². The fourth-order valence-corrected chi connectivity index (χ4v) is 1.69. The van der Waals surface area contributed by atoms with Gasteiger partial charge in [0.1, 0.15) is 16.9 Å². The highest BCUT2D eigenvalue weighted by atomic mass is 16.6. The molecule has 0 saturated heterocycles. The van der Waals surface area contributed by atoms with Crippen LogP contribution in [0.15, 0.2) is 4.42 Å². The molecule has 0 aliphatic carbocycles. The van der Waals surface area contributed by atoms with Crippen LogP contribution in [-0.4, -0.2) is 31.2 Å². The molecule has 0 spiro atoms. The fourth-order valence-electron chi connectivity index (χ4n) is 1.69. The summed E-state index contributed by atoms with van der Waals surface area (Å²) in [5.41, 5.74) is 4.92. The Kier molecular flexibility index (Phi) is 5.97. The lowest BCUT2D eigenvalue weighted by Gasteiger charge is -2.08. The van der Waals surface area contributed by atoms with Gasteiger partial charge in [0.05, 0.1) is 13.2 Å². The van der Waals surface area contributed by atoms with Crippen LogP contribution in [0.5, 0.6) is 0 Å². The molecule has 22 heavy (non-hydrogen) atoms. The molecule has 8 heteroatoms. The number of nitrogens with one attached hydrogen (secondary N) is 1. The van der Waals surface area contributed by atoms with E-state index in [1.165, 1.54) is 6.92 Å². The molecule has 1 aromatic heterocycles. The Labute approximate surface area is 127 Å². The second kappa shape index (κ2) is 7.48. The number of primary amides is 1. The van der Waals surface area contributed by atoms with Crippen LogP contribution in [-0.2, 0) is 9.47 Å². The van der Waals surface area contributed by atoms with Gasteiger partial charge in [-0.1, -0.05) is 13.8 Å². The summed E-state index contributed by atoms with van der Waals surface area (Å²) in [5.74, 6) is -1.64. The van der Waals surface area contributed by atoms with Gasteiger partial charge in [-0.05, 0) is 19.8 Å². The Morgan fingerprint density at radius 2 is 1.86 bits per heavy atom. The fraction of sp³-hybridized carbons (Fsp3) is 0.500. The highest BCUT2D eigenvalue weighted by molar-refractivity contribution is 6.10. The van der Waals surface area contributed by atoms with Gasteiger partial charge in [-0.2, -0.15) is 0 Å². The third-order valence-electron chi connectivity index (χ3n) is 2.57. The zero-order valence-corrected chi connectivity index (χ0v) is 13.0. The minimum atomic E-state index is -0.918. The molecule has 0 fully saturated rings. The van der Waals surface area contributed by atoms with Gasteiger partial charge in [-0.25, -0.2) is 9.59 Å². The molecule has 1 rings (SSSR count). The van der Waals surface area contributed by atoms with Crippen molar-refractivity contribution in [3.63, 3.8) is 0 Å². The zero-order valence-electron chi connectivity index (χ0n) is 13.0. The summed E-state index contributed by atoms with van der Waals surface area (Å²) < 4.78 is 15.0.